The Morgan fingerprint density at radius 1 is 1.00 bits per heavy atom. The van der Waals surface area contributed by atoms with Crippen LogP contribution in [0.3, 0.4) is 0 Å². The summed E-state index contributed by atoms with van der Waals surface area (Å²) in [5, 5.41) is 0. The first-order chi connectivity index (χ1) is 11.4. The Morgan fingerprint density at radius 3 is 2.38 bits per heavy atom. The third kappa shape index (κ3) is 9.81. The number of rotatable bonds is 13. The van der Waals surface area contributed by atoms with Crippen molar-refractivity contribution in [1.29, 1.82) is 0 Å². The molecule has 0 amide bonds. The largest absolute Gasteiger partial charge is 0.368 e. The van der Waals surface area contributed by atoms with Gasteiger partial charge in [0, 0.05) is 12.5 Å². The minimum atomic E-state index is 0.0941. The molecule has 0 aliphatic rings. The maximum absolute atomic E-state index is 6.21. The highest BCUT2D eigenvalue weighted by Crippen LogP contribution is 2.30. The van der Waals surface area contributed by atoms with E-state index in [1.54, 1.807) is 0 Å². The SMILES string of the molecule is CCCCCCCCC(C)(C)CCCC(N)Cc1ncnc(N)n1. The Morgan fingerprint density at radius 2 is 1.67 bits per heavy atom. The van der Waals surface area contributed by atoms with Gasteiger partial charge in [0.1, 0.15) is 12.2 Å². The molecule has 0 fully saturated rings. The molecular weight excluding hydrogens is 298 g/mol. The molecule has 5 heteroatoms. The molecule has 0 bridgehead atoms. The van der Waals surface area contributed by atoms with Crippen molar-refractivity contribution >= 4 is 5.95 Å². The van der Waals surface area contributed by atoms with E-state index in [9.17, 15) is 0 Å². The molecule has 0 aliphatic carbocycles. The number of hydrogen-bond donors (Lipinski definition) is 2. The van der Waals surface area contributed by atoms with E-state index in [0.717, 1.165) is 12.8 Å². The zero-order valence-corrected chi connectivity index (χ0v) is 15.9. The van der Waals surface area contributed by atoms with E-state index in [-0.39, 0.29) is 12.0 Å². The molecule has 1 atom stereocenters. The van der Waals surface area contributed by atoms with Crippen molar-refractivity contribution in [3.63, 3.8) is 0 Å². The summed E-state index contributed by atoms with van der Waals surface area (Å²) in [6.45, 7) is 7.04. The molecule has 1 rings (SSSR count). The summed E-state index contributed by atoms with van der Waals surface area (Å²) in [6, 6.07) is 0.0941. The van der Waals surface area contributed by atoms with Gasteiger partial charge in [-0.3, -0.25) is 0 Å². The van der Waals surface area contributed by atoms with Gasteiger partial charge in [-0.1, -0.05) is 65.7 Å². The van der Waals surface area contributed by atoms with Crippen molar-refractivity contribution in [3.05, 3.63) is 12.2 Å². The third-order valence-corrected chi connectivity index (χ3v) is 4.72. The molecule has 0 spiro atoms. The summed E-state index contributed by atoms with van der Waals surface area (Å²) in [5.74, 6) is 0.966. The molecule has 1 aromatic heterocycles. The molecule has 5 nitrogen and oxygen atoms in total. The van der Waals surface area contributed by atoms with Crippen molar-refractivity contribution < 1.29 is 0 Å². The fourth-order valence-electron chi connectivity index (χ4n) is 3.13. The second-order valence-corrected chi connectivity index (χ2v) is 7.80. The van der Waals surface area contributed by atoms with Gasteiger partial charge in [-0.15, -0.1) is 0 Å². The Hall–Kier alpha value is -1.23. The number of nitrogen functional groups attached to an aromatic ring is 1. The fraction of sp³-hybridized carbons (Fsp3) is 0.842. The first-order valence-electron chi connectivity index (χ1n) is 9.62. The number of aromatic nitrogens is 3. The summed E-state index contributed by atoms with van der Waals surface area (Å²) in [7, 11) is 0. The van der Waals surface area contributed by atoms with Crippen LogP contribution in [0, 0.1) is 5.41 Å². The average Bonchev–Trinajstić information content (AvgIpc) is 2.50. The van der Waals surface area contributed by atoms with Crippen LogP contribution in [-0.4, -0.2) is 21.0 Å². The van der Waals surface area contributed by atoms with E-state index in [1.807, 2.05) is 0 Å². The van der Waals surface area contributed by atoms with Gasteiger partial charge in [0.15, 0.2) is 0 Å². The van der Waals surface area contributed by atoms with Crippen molar-refractivity contribution in [2.45, 2.75) is 97.4 Å². The third-order valence-electron chi connectivity index (χ3n) is 4.72. The standard InChI is InChI=1S/C19H37N5/c1-4-5-6-7-8-9-12-19(2,3)13-10-11-16(20)14-17-22-15-23-18(21)24-17/h15-16H,4-14,20H2,1-3H3,(H2,21,22,23,24). The van der Waals surface area contributed by atoms with Crippen LogP contribution < -0.4 is 11.5 Å². The van der Waals surface area contributed by atoms with Crippen molar-refractivity contribution in [1.82, 2.24) is 15.0 Å². The normalized spacial score (nSPS) is 13.2. The highest BCUT2D eigenvalue weighted by atomic mass is 15.1. The molecule has 0 saturated carbocycles. The topological polar surface area (TPSA) is 90.7 Å². The van der Waals surface area contributed by atoms with Crippen LogP contribution in [0.15, 0.2) is 6.33 Å². The summed E-state index contributed by atoms with van der Waals surface area (Å²) < 4.78 is 0. The second kappa shape index (κ2) is 11.3. The quantitative estimate of drug-likeness (QED) is 0.525. The fourth-order valence-corrected chi connectivity index (χ4v) is 3.13. The molecule has 4 N–H and O–H groups in total. The highest BCUT2D eigenvalue weighted by Gasteiger charge is 2.17. The number of unbranched alkanes of at least 4 members (excludes halogenated alkanes) is 5. The van der Waals surface area contributed by atoms with Crippen molar-refractivity contribution in [2.24, 2.45) is 11.1 Å². The summed E-state index contributed by atoms with van der Waals surface area (Å²) in [5.41, 5.74) is 12.2. The van der Waals surface area contributed by atoms with Gasteiger partial charge in [0.05, 0.1) is 0 Å². The lowest BCUT2D eigenvalue weighted by atomic mass is 9.81. The monoisotopic (exact) mass is 335 g/mol. The lowest BCUT2D eigenvalue weighted by Gasteiger charge is -2.25. The first-order valence-corrected chi connectivity index (χ1v) is 9.62. The maximum Gasteiger partial charge on any atom is 0.223 e. The zero-order chi connectivity index (χ0) is 17.8. The summed E-state index contributed by atoms with van der Waals surface area (Å²) >= 11 is 0. The van der Waals surface area contributed by atoms with E-state index in [1.165, 1.54) is 57.7 Å². The van der Waals surface area contributed by atoms with Crippen LogP contribution in [-0.2, 0) is 6.42 Å². The van der Waals surface area contributed by atoms with E-state index in [2.05, 4.69) is 35.7 Å². The molecule has 1 unspecified atom stereocenters. The molecular formula is C19H37N5. The van der Waals surface area contributed by atoms with Gasteiger partial charge < -0.3 is 11.5 Å². The van der Waals surface area contributed by atoms with Crippen LogP contribution in [0.2, 0.25) is 0 Å². The molecule has 0 aliphatic heterocycles. The van der Waals surface area contributed by atoms with Crippen LogP contribution in [0.5, 0.6) is 0 Å². The van der Waals surface area contributed by atoms with Gasteiger partial charge in [-0.25, -0.2) is 9.97 Å². The second-order valence-electron chi connectivity index (χ2n) is 7.80. The Balaban J connectivity index is 2.15. The minimum absolute atomic E-state index is 0.0941. The molecule has 138 valence electrons. The summed E-state index contributed by atoms with van der Waals surface area (Å²) in [4.78, 5) is 12.1. The van der Waals surface area contributed by atoms with Crippen LogP contribution >= 0.6 is 0 Å². The highest BCUT2D eigenvalue weighted by molar-refractivity contribution is 5.12. The lowest BCUT2D eigenvalue weighted by molar-refractivity contribution is 0.280. The number of hydrogen-bond acceptors (Lipinski definition) is 5. The summed E-state index contributed by atoms with van der Waals surface area (Å²) in [6.07, 6.45) is 15.1. The Kier molecular flexibility index (Phi) is 9.84. The van der Waals surface area contributed by atoms with Gasteiger partial charge >= 0.3 is 0 Å². The molecule has 1 aromatic rings. The molecule has 24 heavy (non-hydrogen) atoms. The van der Waals surface area contributed by atoms with Gasteiger partial charge in [-0.2, -0.15) is 4.98 Å². The average molecular weight is 336 g/mol. The van der Waals surface area contributed by atoms with E-state index < -0.39 is 0 Å². The maximum atomic E-state index is 6.21. The van der Waals surface area contributed by atoms with E-state index in [4.69, 9.17) is 11.5 Å². The predicted molar refractivity (Wildman–Crippen MR) is 102 cm³/mol. The van der Waals surface area contributed by atoms with Crippen LogP contribution in [0.25, 0.3) is 0 Å². The van der Waals surface area contributed by atoms with Crippen LogP contribution in [0.4, 0.5) is 5.95 Å². The van der Waals surface area contributed by atoms with Gasteiger partial charge in [0.25, 0.3) is 0 Å². The predicted octanol–water partition coefficient (Wildman–Crippen LogP) is 4.27. The zero-order valence-electron chi connectivity index (χ0n) is 15.9. The lowest BCUT2D eigenvalue weighted by Crippen LogP contribution is -2.25. The number of anilines is 1. The smallest absolute Gasteiger partial charge is 0.223 e. The Labute approximate surface area is 148 Å². The van der Waals surface area contributed by atoms with E-state index >= 15 is 0 Å². The van der Waals surface area contributed by atoms with E-state index in [0.29, 0.717) is 17.7 Å². The molecule has 1 heterocycles. The first kappa shape index (κ1) is 20.8. The van der Waals surface area contributed by atoms with Gasteiger partial charge in [-0.05, 0) is 24.7 Å². The minimum Gasteiger partial charge on any atom is -0.368 e. The van der Waals surface area contributed by atoms with Crippen molar-refractivity contribution in [2.75, 3.05) is 5.73 Å². The number of nitrogens with two attached hydrogens (primary N) is 2. The molecule has 0 saturated heterocycles. The van der Waals surface area contributed by atoms with Crippen LogP contribution in [0.1, 0.15) is 90.8 Å². The number of nitrogens with zero attached hydrogens (tertiary/aromatic N) is 3. The molecule has 0 aromatic carbocycles. The Bertz CT molecular complexity index is 447. The van der Waals surface area contributed by atoms with Crippen molar-refractivity contribution in [3.8, 4) is 0 Å². The molecule has 0 radical (unpaired) electrons. The van der Waals surface area contributed by atoms with Gasteiger partial charge in [0.2, 0.25) is 5.95 Å².